The van der Waals surface area contributed by atoms with Crippen LogP contribution in [0.4, 0.5) is 14.5 Å². The van der Waals surface area contributed by atoms with Crippen LogP contribution in [-0.4, -0.2) is 43.2 Å². The summed E-state index contributed by atoms with van der Waals surface area (Å²) in [6.07, 6.45) is 0. The molecule has 1 heterocycles. The summed E-state index contributed by atoms with van der Waals surface area (Å²) in [5.74, 6) is -0.582. The molecule has 1 N–H and O–H groups in total. The minimum Gasteiger partial charge on any atom is -0.493 e. The van der Waals surface area contributed by atoms with Gasteiger partial charge in [0.05, 0.1) is 38.5 Å². The molecule has 0 aliphatic rings. The van der Waals surface area contributed by atoms with Crippen LogP contribution in [0.25, 0.3) is 11.3 Å². The number of carbonyl (C=O) groups is 1. The first-order valence-corrected chi connectivity index (χ1v) is 9.95. The van der Waals surface area contributed by atoms with Crippen molar-refractivity contribution in [3.05, 3.63) is 54.1 Å². The maximum absolute atomic E-state index is 13.6. The molecule has 7 nitrogen and oxygen atoms in total. The Morgan fingerprint density at radius 1 is 0.968 bits per heavy atom. The minimum absolute atomic E-state index is 0.0188. The minimum atomic E-state index is -0.840. The maximum atomic E-state index is 13.6. The van der Waals surface area contributed by atoms with Gasteiger partial charge < -0.3 is 19.5 Å². The lowest BCUT2D eigenvalue weighted by Crippen LogP contribution is -2.15. The number of aromatic nitrogens is 2. The molecule has 1 amide bonds. The molecule has 0 saturated heterocycles. The van der Waals surface area contributed by atoms with Crippen molar-refractivity contribution in [2.75, 3.05) is 32.4 Å². The predicted molar refractivity (Wildman–Crippen MR) is 113 cm³/mol. The molecule has 0 aliphatic heterocycles. The lowest BCUT2D eigenvalue weighted by atomic mass is 10.1. The third-order valence-corrected chi connectivity index (χ3v) is 5.08. The van der Waals surface area contributed by atoms with E-state index in [1.807, 2.05) is 0 Å². The molecular weight excluding hydrogens is 428 g/mol. The Hall–Kier alpha value is -3.40. The summed E-state index contributed by atoms with van der Waals surface area (Å²) in [6, 6.07) is 9.90. The van der Waals surface area contributed by atoms with Gasteiger partial charge in [0, 0.05) is 11.6 Å². The van der Waals surface area contributed by atoms with E-state index in [1.165, 1.54) is 27.4 Å². The first-order chi connectivity index (χ1) is 14.9. The molecule has 0 bridgehead atoms. The van der Waals surface area contributed by atoms with Gasteiger partial charge in [-0.1, -0.05) is 11.8 Å². The number of rotatable bonds is 8. The van der Waals surface area contributed by atoms with Crippen LogP contribution in [0.2, 0.25) is 0 Å². The predicted octanol–water partition coefficient (Wildman–Crippen LogP) is 4.18. The maximum Gasteiger partial charge on any atom is 0.234 e. The van der Waals surface area contributed by atoms with Gasteiger partial charge in [0.2, 0.25) is 11.7 Å². The zero-order valence-corrected chi connectivity index (χ0v) is 17.8. The summed E-state index contributed by atoms with van der Waals surface area (Å²) in [4.78, 5) is 12.0. The van der Waals surface area contributed by atoms with Crippen molar-refractivity contribution in [1.82, 2.24) is 10.2 Å². The van der Waals surface area contributed by atoms with Gasteiger partial charge in [0.1, 0.15) is 16.7 Å². The van der Waals surface area contributed by atoms with Gasteiger partial charge in [0.15, 0.2) is 11.5 Å². The third-order valence-electron chi connectivity index (χ3n) is 4.16. The van der Waals surface area contributed by atoms with Crippen LogP contribution in [0.5, 0.6) is 17.2 Å². The molecule has 31 heavy (non-hydrogen) atoms. The summed E-state index contributed by atoms with van der Waals surface area (Å²) in [5.41, 5.74) is 1.19. The molecule has 1 aromatic heterocycles. The smallest absolute Gasteiger partial charge is 0.234 e. The first kappa shape index (κ1) is 22.3. The summed E-state index contributed by atoms with van der Waals surface area (Å²) in [7, 11) is 4.57. The van der Waals surface area contributed by atoms with Crippen molar-refractivity contribution >= 4 is 23.4 Å². The molecule has 3 aromatic rings. The number of hydrogen-bond acceptors (Lipinski definition) is 7. The van der Waals surface area contributed by atoms with E-state index >= 15 is 0 Å². The number of thioether (sulfide) groups is 1. The van der Waals surface area contributed by atoms with Crippen LogP contribution >= 0.6 is 11.8 Å². The van der Waals surface area contributed by atoms with E-state index in [9.17, 15) is 13.6 Å². The second-order valence-corrected chi connectivity index (χ2v) is 7.13. The molecule has 0 fully saturated rings. The largest absolute Gasteiger partial charge is 0.493 e. The van der Waals surface area contributed by atoms with E-state index in [0.29, 0.717) is 39.6 Å². The molecule has 0 spiro atoms. The van der Waals surface area contributed by atoms with E-state index in [2.05, 4.69) is 15.5 Å². The molecule has 3 rings (SSSR count). The Labute approximate surface area is 181 Å². The third kappa shape index (κ3) is 5.40. The Morgan fingerprint density at radius 3 is 2.23 bits per heavy atom. The number of methoxy groups -OCH3 is 3. The van der Waals surface area contributed by atoms with Crippen molar-refractivity contribution in [1.29, 1.82) is 0 Å². The number of nitrogens with zero attached hydrogens (tertiary/aromatic N) is 2. The monoisotopic (exact) mass is 447 g/mol. The number of ether oxygens (including phenoxy) is 3. The molecule has 0 unspecified atom stereocenters. The van der Waals surface area contributed by atoms with Gasteiger partial charge in [-0.2, -0.15) is 0 Å². The van der Waals surface area contributed by atoms with Crippen LogP contribution in [0.15, 0.2) is 47.5 Å². The fourth-order valence-electron chi connectivity index (χ4n) is 2.70. The standard InChI is InChI=1S/C21H19F2N3O4S/c1-28-17-8-12(9-18(29-2)21(17)30-3)15-6-7-20(26-25-15)31-11-19(27)24-16-5-4-13(22)10-14(16)23/h4-10H,11H2,1-3H3,(H,24,27). The zero-order valence-electron chi connectivity index (χ0n) is 16.9. The van der Waals surface area contributed by atoms with Gasteiger partial charge in [-0.3, -0.25) is 4.79 Å². The topological polar surface area (TPSA) is 82.6 Å². The van der Waals surface area contributed by atoms with E-state index in [-0.39, 0.29) is 11.4 Å². The second-order valence-electron chi connectivity index (χ2n) is 6.13. The van der Waals surface area contributed by atoms with Gasteiger partial charge in [0.25, 0.3) is 0 Å². The van der Waals surface area contributed by atoms with Gasteiger partial charge in [-0.05, 0) is 36.4 Å². The van der Waals surface area contributed by atoms with Gasteiger partial charge >= 0.3 is 0 Å². The van der Waals surface area contributed by atoms with Crippen molar-refractivity contribution < 1.29 is 27.8 Å². The molecular formula is C21H19F2N3O4S. The Balaban J connectivity index is 1.67. The fourth-order valence-corrected chi connectivity index (χ4v) is 3.31. The van der Waals surface area contributed by atoms with Crippen LogP contribution in [0.3, 0.4) is 0 Å². The highest BCUT2D eigenvalue weighted by atomic mass is 32.2. The molecule has 0 saturated carbocycles. The summed E-state index contributed by atoms with van der Waals surface area (Å²) < 4.78 is 42.6. The van der Waals surface area contributed by atoms with E-state index < -0.39 is 17.5 Å². The Bertz CT molecular complexity index is 1060. The van der Waals surface area contributed by atoms with E-state index in [4.69, 9.17) is 14.2 Å². The number of anilines is 1. The molecule has 0 aliphatic carbocycles. The first-order valence-electron chi connectivity index (χ1n) is 8.97. The SMILES string of the molecule is COc1cc(-c2ccc(SCC(=O)Nc3ccc(F)cc3F)nn2)cc(OC)c1OC. The van der Waals surface area contributed by atoms with Crippen LogP contribution in [0, 0.1) is 11.6 Å². The van der Waals surface area contributed by atoms with Crippen LogP contribution < -0.4 is 19.5 Å². The lowest BCUT2D eigenvalue weighted by molar-refractivity contribution is -0.113. The average Bonchev–Trinajstić information content (AvgIpc) is 2.78. The van der Waals surface area contributed by atoms with Crippen LogP contribution in [-0.2, 0) is 4.79 Å². The lowest BCUT2D eigenvalue weighted by Gasteiger charge is -2.13. The Kier molecular flexibility index (Phi) is 7.24. The van der Waals surface area contributed by atoms with E-state index in [0.717, 1.165) is 17.8 Å². The number of benzene rings is 2. The fraction of sp³-hybridized carbons (Fsp3) is 0.190. The summed E-state index contributed by atoms with van der Waals surface area (Å²) in [6.45, 7) is 0. The Morgan fingerprint density at radius 2 is 1.68 bits per heavy atom. The highest BCUT2D eigenvalue weighted by molar-refractivity contribution is 7.99. The second kappa shape index (κ2) is 10.1. The van der Waals surface area contributed by atoms with Gasteiger partial charge in [-0.25, -0.2) is 8.78 Å². The highest BCUT2D eigenvalue weighted by Crippen LogP contribution is 2.40. The molecule has 2 aromatic carbocycles. The van der Waals surface area contributed by atoms with Crippen molar-refractivity contribution in [2.45, 2.75) is 5.03 Å². The van der Waals surface area contributed by atoms with Crippen molar-refractivity contribution in [2.24, 2.45) is 0 Å². The van der Waals surface area contributed by atoms with Crippen molar-refractivity contribution in [3.63, 3.8) is 0 Å². The van der Waals surface area contributed by atoms with Crippen LogP contribution in [0.1, 0.15) is 0 Å². The van der Waals surface area contributed by atoms with Gasteiger partial charge in [-0.15, -0.1) is 10.2 Å². The highest BCUT2D eigenvalue weighted by Gasteiger charge is 2.15. The van der Waals surface area contributed by atoms with Crippen molar-refractivity contribution in [3.8, 4) is 28.5 Å². The average molecular weight is 447 g/mol. The summed E-state index contributed by atoms with van der Waals surface area (Å²) in [5, 5.41) is 11.2. The quantitative estimate of drug-likeness (QED) is 0.519. The zero-order chi connectivity index (χ0) is 22.4. The van der Waals surface area contributed by atoms with E-state index in [1.54, 1.807) is 24.3 Å². The normalized spacial score (nSPS) is 10.5. The molecule has 162 valence electrons. The number of carbonyl (C=O) groups excluding carboxylic acids is 1. The number of amides is 1. The molecule has 0 atom stereocenters. The molecule has 0 radical (unpaired) electrons. The molecule has 10 heteroatoms. The summed E-state index contributed by atoms with van der Waals surface area (Å²) >= 11 is 1.13. The number of halogens is 2. The number of nitrogens with one attached hydrogen (secondary N) is 1. The number of hydrogen-bond donors (Lipinski definition) is 1.